The molecule has 0 N–H and O–H groups in total. The van der Waals surface area contributed by atoms with Crippen LogP contribution in [0.1, 0.15) is 21.6 Å². The van der Waals surface area contributed by atoms with E-state index in [1.807, 2.05) is 0 Å². The zero-order chi connectivity index (χ0) is 20.3. The number of methoxy groups -OCH3 is 1. The van der Waals surface area contributed by atoms with Gasteiger partial charge in [0, 0.05) is 24.0 Å². The van der Waals surface area contributed by atoms with Gasteiger partial charge in [0.25, 0.3) is 5.56 Å². The van der Waals surface area contributed by atoms with Gasteiger partial charge in [0.05, 0.1) is 30.5 Å². The molecule has 0 aliphatic rings. The molecule has 2 heterocycles. The lowest BCUT2D eigenvalue weighted by Crippen LogP contribution is -2.23. The average molecular weight is 389 g/mol. The average Bonchev–Trinajstić information content (AvgIpc) is 2.69. The van der Waals surface area contributed by atoms with E-state index in [4.69, 9.17) is 0 Å². The number of pyridine rings is 1. The van der Waals surface area contributed by atoms with E-state index in [2.05, 4.69) is 14.7 Å². The monoisotopic (exact) mass is 389 g/mol. The van der Waals surface area contributed by atoms with E-state index in [0.29, 0.717) is 5.69 Å². The molecule has 2 aromatic heterocycles. The summed E-state index contributed by atoms with van der Waals surface area (Å²) in [7, 11) is 1.24. The number of esters is 1. The minimum atomic E-state index is -4.51. The lowest BCUT2D eigenvalue weighted by atomic mass is 10.1. The number of hydrogen-bond acceptors (Lipinski definition) is 5. The molecule has 0 amide bonds. The molecule has 144 valence electrons. The third kappa shape index (κ3) is 4.08. The maximum Gasteiger partial charge on any atom is 0.416 e. The number of aromatic nitrogens is 3. The van der Waals surface area contributed by atoms with Crippen molar-refractivity contribution in [2.45, 2.75) is 12.7 Å². The van der Waals surface area contributed by atoms with Crippen LogP contribution in [0.15, 0.2) is 59.7 Å². The van der Waals surface area contributed by atoms with Gasteiger partial charge in [0.15, 0.2) is 0 Å². The Kier molecular flexibility index (Phi) is 5.25. The van der Waals surface area contributed by atoms with Gasteiger partial charge in [-0.25, -0.2) is 9.78 Å². The van der Waals surface area contributed by atoms with Crippen LogP contribution in [0, 0.1) is 0 Å². The molecule has 0 saturated heterocycles. The molecular weight excluding hydrogens is 375 g/mol. The summed E-state index contributed by atoms with van der Waals surface area (Å²) >= 11 is 0. The highest BCUT2D eigenvalue weighted by Gasteiger charge is 2.30. The van der Waals surface area contributed by atoms with Gasteiger partial charge in [-0.1, -0.05) is 12.1 Å². The topological polar surface area (TPSA) is 74.1 Å². The molecule has 0 aliphatic heterocycles. The van der Waals surface area contributed by atoms with Gasteiger partial charge in [-0.05, 0) is 24.3 Å². The van der Waals surface area contributed by atoms with E-state index in [1.165, 1.54) is 54.4 Å². The zero-order valence-corrected chi connectivity index (χ0v) is 14.6. The second kappa shape index (κ2) is 7.63. The number of carbonyl (C=O) groups excluding carboxylic acids is 1. The zero-order valence-electron chi connectivity index (χ0n) is 14.6. The van der Waals surface area contributed by atoms with E-state index < -0.39 is 23.3 Å². The Balaban J connectivity index is 2.00. The Morgan fingerprint density at radius 2 is 1.93 bits per heavy atom. The van der Waals surface area contributed by atoms with Crippen molar-refractivity contribution < 1.29 is 22.7 Å². The first-order valence-electron chi connectivity index (χ1n) is 8.06. The molecule has 3 rings (SSSR count). The molecule has 3 aromatic rings. The summed E-state index contributed by atoms with van der Waals surface area (Å²) in [6.07, 6.45) is -1.98. The van der Waals surface area contributed by atoms with Crippen LogP contribution in [-0.4, -0.2) is 27.6 Å². The van der Waals surface area contributed by atoms with Crippen LogP contribution in [-0.2, 0) is 17.5 Å². The normalized spacial score (nSPS) is 11.3. The quantitative estimate of drug-likeness (QED) is 0.641. The molecule has 6 nitrogen and oxygen atoms in total. The number of hydrogen-bond donors (Lipinski definition) is 0. The number of nitrogens with zero attached hydrogens (tertiary/aromatic N) is 3. The first-order chi connectivity index (χ1) is 13.3. The van der Waals surface area contributed by atoms with Gasteiger partial charge in [-0.2, -0.15) is 13.2 Å². The van der Waals surface area contributed by atoms with Gasteiger partial charge in [-0.3, -0.25) is 14.3 Å². The molecule has 0 bridgehead atoms. The first-order valence-corrected chi connectivity index (χ1v) is 8.06. The van der Waals surface area contributed by atoms with Crippen molar-refractivity contribution >= 4 is 5.97 Å². The summed E-state index contributed by atoms with van der Waals surface area (Å²) in [5, 5.41) is 0. The maximum absolute atomic E-state index is 13.0. The van der Waals surface area contributed by atoms with Crippen molar-refractivity contribution in [3.8, 4) is 11.4 Å². The fourth-order valence-electron chi connectivity index (χ4n) is 2.57. The van der Waals surface area contributed by atoms with Gasteiger partial charge >= 0.3 is 12.1 Å². The Hall–Kier alpha value is -3.49. The summed E-state index contributed by atoms with van der Waals surface area (Å²) in [5.41, 5.74) is -0.464. The largest absolute Gasteiger partial charge is 0.465 e. The fraction of sp³-hybridized carbons (Fsp3) is 0.158. The van der Waals surface area contributed by atoms with Crippen LogP contribution < -0.4 is 5.56 Å². The molecule has 0 atom stereocenters. The number of rotatable bonds is 4. The molecule has 0 fully saturated rings. The van der Waals surface area contributed by atoms with Gasteiger partial charge in [0.2, 0.25) is 0 Å². The van der Waals surface area contributed by atoms with Gasteiger partial charge in [0.1, 0.15) is 5.82 Å². The maximum atomic E-state index is 13.0. The lowest BCUT2D eigenvalue weighted by Gasteiger charge is -2.13. The highest BCUT2D eigenvalue weighted by Crippen LogP contribution is 2.31. The van der Waals surface area contributed by atoms with E-state index in [0.717, 1.165) is 12.1 Å². The van der Waals surface area contributed by atoms with Crippen LogP contribution in [0.25, 0.3) is 11.4 Å². The smallest absolute Gasteiger partial charge is 0.416 e. The van der Waals surface area contributed by atoms with E-state index in [9.17, 15) is 22.8 Å². The summed E-state index contributed by atoms with van der Waals surface area (Å²) in [6, 6.07) is 8.81. The molecule has 0 spiro atoms. The highest BCUT2D eigenvalue weighted by atomic mass is 19.4. The van der Waals surface area contributed by atoms with Crippen LogP contribution in [0.2, 0.25) is 0 Å². The van der Waals surface area contributed by atoms with Crippen LogP contribution >= 0.6 is 0 Å². The molecule has 0 aliphatic carbocycles. The van der Waals surface area contributed by atoms with Crippen molar-refractivity contribution in [1.29, 1.82) is 0 Å². The van der Waals surface area contributed by atoms with Crippen molar-refractivity contribution in [1.82, 2.24) is 14.5 Å². The van der Waals surface area contributed by atoms with Gasteiger partial charge < -0.3 is 4.74 Å². The van der Waals surface area contributed by atoms with Crippen molar-refractivity contribution in [3.63, 3.8) is 0 Å². The molecule has 0 unspecified atom stereocenters. The Morgan fingerprint density at radius 1 is 1.14 bits per heavy atom. The first kappa shape index (κ1) is 19.3. The molecule has 28 heavy (non-hydrogen) atoms. The predicted octanol–water partition coefficient (Wildman–Crippen LogP) is 3.16. The van der Waals surface area contributed by atoms with Crippen LogP contribution in [0.4, 0.5) is 13.2 Å². The molecule has 0 radical (unpaired) electrons. The molecule has 9 heteroatoms. The third-order valence-corrected chi connectivity index (χ3v) is 3.95. The number of halogens is 3. The van der Waals surface area contributed by atoms with Crippen molar-refractivity contribution in [3.05, 3.63) is 82.0 Å². The predicted molar refractivity (Wildman–Crippen MR) is 93.6 cm³/mol. The minimum Gasteiger partial charge on any atom is -0.465 e. The summed E-state index contributed by atoms with van der Waals surface area (Å²) in [6.45, 7) is -0.0281. The SMILES string of the molecule is COC(=O)c1ccc(Cn2c(-c3cccc(C(F)(F)F)c3)nccc2=O)nc1. The number of ether oxygens (including phenoxy) is 1. The van der Waals surface area contributed by atoms with Crippen LogP contribution in [0.5, 0.6) is 0 Å². The van der Waals surface area contributed by atoms with Crippen molar-refractivity contribution in [2.24, 2.45) is 0 Å². The summed E-state index contributed by atoms with van der Waals surface area (Å²) < 4.78 is 44.8. The second-order valence-electron chi connectivity index (χ2n) is 5.80. The Morgan fingerprint density at radius 3 is 2.57 bits per heavy atom. The highest BCUT2D eigenvalue weighted by molar-refractivity contribution is 5.88. The standard InChI is InChI=1S/C19H14F3N3O3/c1-28-18(27)13-5-6-15(24-10-13)11-25-16(26)7-8-23-17(25)12-3-2-4-14(9-12)19(20,21)22/h2-10H,11H2,1H3. The van der Waals surface area contributed by atoms with E-state index in [-0.39, 0.29) is 23.5 Å². The van der Waals surface area contributed by atoms with E-state index >= 15 is 0 Å². The van der Waals surface area contributed by atoms with Gasteiger partial charge in [-0.15, -0.1) is 0 Å². The fourth-order valence-corrected chi connectivity index (χ4v) is 2.57. The molecule has 0 saturated carbocycles. The van der Waals surface area contributed by atoms with Crippen molar-refractivity contribution in [2.75, 3.05) is 7.11 Å². The Bertz CT molecular complexity index is 1060. The third-order valence-electron chi connectivity index (χ3n) is 3.95. The number of carbonyl (C=O) groups is 1. The minimum absolute atomic E-state index is 0.0281. The summed E-state index contributed by atoms with van der Waals surface area (Å²) in [4.78, 5) is 32.0. The van der Waals surface area contributed by atoms with Crippen LogP contribution in [0.3, 0.4) is 0 Å². The Labute approximate surface area is 157 Å². The molecule has 1 aromatic carbocycles. The van der Waals surface area contributed by atoms with E-state index in [1.54, 1.807) is 0 Å². The second-order valence-corrected chi connectivity index (χ2v) is 5.80. The summed E-state index contributed by atoms with van der Waals surface area (Å²) in [5.74, 6) is -0.473. The number of benzene rings is 1. The molecular formula is C19H14F3N3O3. The number of alkyl halides is 3. The lowest BCUT2D eigenvalue weighted by molar-refractivity contribution is -0.137.